The Bertz CT molecular complexity index is 1330. The SMILES string of the molecule is Cn1c(C(=O)NC2(C)CS(=O)(=O)C2)nc2cnc(Oc3ncc(F)cc3OCC(F)F)cc21. The van der Waals surface area contributed by atoms with E-state index in [1.165, 1.54) is 16.8 Å². The van der Waals surface area contributed by atoms with Gasteiger partial charge in [-0.1, -0.05) is 0 Å². The Labute approximate surface area is 185 Å². The van der Waals surface area contributed by atoms with Crippen LogP contribution >= 0.6 is 0 Å². The molecule has 3 aromatic rings. The number of aryl methyl sites for hydroxylation is 1. The molecule has 33 heavy (non-hydrogen) atoms. The highest BCUT2D eigenvalue weighted by Gasteiger charge is 2.46. The lowest BCUT2D eigenvalue weighted by molar-refractivity contribution is 0.0801. The van der Waals surface area contributed by atoms with Crippen LogP contribution in [-0.4, -0.2) is 63.9 Å². The van der Waals surface area contributed by atoms with Crippen molar-refractivity contribution in [1.29, 1.82) is 0 Å². The first-order chi connectivity index (χ1) is 15.4. The van der Waals surface area contributed by atoms with E-state index >= 15 is 0 Å². The fraction of sp³-hybridized carbons (Fsp3) is 0.368. The second-order valence-corrected chi connectivity index (χ2v) is 9.88. The summed E-state index contributed by atoms with van der Waals surface area (Å²) in [5, 5.41) is 2.68. The molecule has 0 spiro atoms. The van der Waals surface area contributed by atoms with Crippen molar-refractivity contribution in [2.45, 2.75) is 18.9 Å². The van der Waals surface area contributed by atoms with Crippen molar-refractivity contribution in [1.82, 2.24) is 24.8 Å². The Hall–Kier alpha value is -3.42. The molecule has 0 radical (unpaired) electrons. The number of hydrogen-bond acceptors (Lipinski definition) is 8. The Morgan fingerprint density at radius 2 is 2.00 bits per heavy atom. The number of amides is 1. The first-order valence-corrected chi connectivity index (χ1v) is 11.4. The Kier molecular flexibility index (Phi) is 5.64. The minimum absolute atomic E-state index is 0.0235. The van der Waals surface area contributed by atoms with Crippen molar-refractivity contribution in [3.8, 4) is 17.5 Å². The minimum Gasteiger partial charge on any atom is -0.482 e. The molecule has 10 nitrogen and oxygen atoms in total. The molecule has 1 fully saturated rings. The molecule has 1 N–H and O–H groups in total. The van der Waals surface area contributed by atoms with Gasteiger partial charge in [0.25, 0.3) is 18.2 Å². The average Bonchev–Trinajstić information content (AvgIpc) is 3.02. The third-order valence-corrected chi connectivity index (χ3v) is 6.94. The van der Waals surface area contributed by atoms with Crippen LogP contribution in [0, 0.1) is 5.82 Å². The predicted octanol–water partition coefficient (Wildman–Crippen LogP) is 1.86. The number of aromatic nitrogens is 4. The first-order valence-electron chi connectivity index (χ1n) is 9.54. The molecule has 0 atom stereocenters. The zero-order valence-electron chi connectivity index (χ0n) is 17.4. The third kappa shape index (κ3) is 4.84. The largest absolute Gasteiger partial charge is 0.482 e. The summed E-state index contributed by atoms with van der Waals surface area (Å²) >= 11 is 0. The van der Waals surface area contributed by atoms with Crippen LogP contribution in [0.25, 0.3) is 11.0 Å². The molecule has 4 rings (SSSR count). The number of carbonyl (C=O) groups excluding carboxylic acids is 1. The molecule has 0 bridgehead atoms. The maximum absolute atomic E-state index is 13.5. The highest BCUT2D eigenvalue weighted by Crippen LogP contribution is 2.31. The van der Waals surface area contributed by atoms with Crippen molar-refractivity contribution in [2.75, 3.05) is 18.1 Å². The van der Waals surface area contributed by atoms with Gasteiger partial charge in [0.1, 0.15) is 17.9 Å². The number of carbonyl (C=O) groups is 1. The molecule has 1 aliphatic heterocycles. The highest BCUT2D eigenvalue weighted by atomic mass is 32.2. The van der Waals surface area contributed by atoms with Gasteiger partial charge in [-0.15, -0.1) is 0 Å². The summed E-state index contributed by atoms with van der Waals surface area (Å²) in [6, 6.07) is 2.29. The molecule has 0 aromatic carbocycles. The van der Waals surface area contributed by atoms with Gasteiger partial charge in [-0.3, -0.25) is 4.79 Å². The normalized spacial score (nSPS) is 16.4. The maximum atomic E-state index is 13.5. The summed E-state index contributed by atoms with van der Waals surface area (Å²) in [7, 11) is -1.58. The number of pyridine rings is 2. The number of nitrogens with zero attached hydrogens (tertiary/aromatic N) is 4. The number of rotatable bonds is 7. The first kappa shape index (κ1) is 22.8. The van der Waals surface area contributed by atoms with Gasteiger partial charge in [0.2, 0.25) is 5.88 Å². The number of imidazole rings is 1. The maximum Gasteiger partial charge on any atom is 0.287 e. The van der Waals surface area contributed by atoms with E-state index in [1.54, 1.807) is 14.0 Å². The molecular weight excluding hydrogens is 467 g/mol. The Balaban J connectivity index is 1.57. The second-order valence-electron chi connectivity index (χ2n) is 7.81. The van der Waals surface area contributed by atoms with Crippen LogP contribution in [-0.2, 0) is 16.9 Å². The number of ether oxygens (including phenoxy) is 2. The van der Waals surface area contributed by atoms with E-state index < -0.39 is 40.1 Å². The summed E-state index contributed by atoms with van der Waals surface area (Å²) in [6.07, 6.45) is -0.631. The molecule has 1 saturated heterocycles. The molecule has 176 valence electrons. The molecule has 4 heterocycles. The molecule has 3 aromatic heterocycles. The number of sulfone groups is 1. The summed E-state index contributed by atoms with van der Waals surface area (Å²) in [5.74, 6) is -2.28. The summed E-state index contributed by atoms with van der Waals surface area (Å²) < 4.78 is 73.1. The van der Waals surface area contributed by atoms with E-state index in [2.05, 4.69) is 20.3 Å². The van der Waals surface area contributed by atoms with Gasteiger partial charge in [0, 0.05) is 19.2 Å². The van der Waals surface area contributed by atoms with Crippen LogP contribution in [0.2, 0.25) is 0 Å². The number of hydrogen-bond donors (Lipinski definition) is 1. The minimum atomic E-state index is -3.15. The lowest BCUT2D eigenvalue weighted by Gasteiger charge is -2.38. The van der Waals surface area contributed by atoms with Crippen molar-refractivity contribution < 1.29 is 35.9 Å². The monoisotopic (exact) mass is 485 g/mol. The fourth-order valence-corrected chi connectivity index (χ4v) is 5.51. The molecule has 0 unspecified atom stereocenters. The van der Waals surface area contributed by atoms with E-state index in [4.69, 9.17) is 9.47 Å². The standard InChI is InChI=1S/C19H18F3N5O5S/c1-19(8-33(29,30)9-19)26-17(28)16-25-11-6-23-15(4-12(11)27(16)2)32-18-13(31-7-14(21)22)3-10(20)5-24-18/h3-6,14H,7-9H2,1-2H3,(H,26,28). The van der Waals surface area contributed by atoms with Crippen LogP contribution in [0.5, 0.6) is 17.5 Å². The molecule has 1 aliphatic rings. The van der Waals surface area contributed by atoms with E-state index in [0.29, 0.717) is 11.0 Å². The van der Waals surface area contributed by atoms with Gasteiger partial charge in [0.05, 0.1) is 35.0 Å². The van der Waals surface area contributed by atoms with Gasteiger partial charge >= 0.3 is 0 Å². The number of nitrogens with one attached hydrogen (secondary N) is 1. The van der Waals surface area contributed by atoms with Crippen molar-refractivity contribution in [3.63, 3.8) is 0 Å². The van der Waals surface area contributed by atoms with Gasteiger partial charge < -0.3 is 19.4 Å². The van der Waals surface area contributed by atoms with E-state index in [1.807, 2.05) is 0 Å². The average molecular weight is 485 g/mol. The van der Waals surface area contributed by atoms with Crippen LogP contribution in [0.15, 0.2) is 24.5 Å². The van der Waals surface area contributed by atoms with Crippen molar-refractivity contribution in [3.05, 3.63) is 36.2 Å². The fourth-order valence-electron chi connectivity index (χ4n) is 3.51. The number of halogens is 3. The lowest BCUT2D eigenvalue weighted by Crippen LogP contribution is -2.63. The molecule has 1 amide bonds. The summed E-state index contributed by atoms with van der Waals surface area (Å²) in [6.45, 7) is 0.653. The van der Waals surface area contributed by atoms with Gasteiger partial charge in [-0.25, -0.2) is 36.5 Å². The van der Waals surface area contributed by atoms with Crippen LogP contribution in [0.4, 0.5) is 13.2 Å². The van der Waals surface area contributed by atoms with Crippen molar-refractivity contribution in [2.24, 2.45) is 7.05 Å². The molecule has 0 aliphatic carbocycles. The number of alkyl halides is 2. The number of fused-ring (bicyclic) bond motifs is 1. The van der Waals surface area contributed by atoms with Crippen molar-refractivity contribution >= 4 is 26.8 Å². The predicted molar refractivity (Wildman–Crippen MR) is 109 cm³/mol. The van der Waals surface area contributed by atoms with Gasteiger partial charge in [0.15, 0.2) is 21.4 Å². The quantitative estimate of drug-likeness (QED) is 0.538. The lowest BCUT2D eigenvalue weighted by atomic mass is 10.1. The molecular formula is C19H18F3N5O5S. The molecule has 14 heteroatoms. The second kappa shape index (κ2) is 8.17. The topological polar surface area (TPSA) is 125 Å². The van der Waals surface area contributed by atoms with E-state index in [-0.39, 0.29) is 34.8 Å². The summed E-state index contributed by atoms with van der Waals surface area (Å²) in [5.41, 5.74) is -0.0833. The zero-order valence-corrected chi connectivity index (χ0v) is 18.2. The zero-order chi connectivity index (χ0) is 24.0. The Morgan fingerprint density at radius 1 is 1.27 bits per heavy atom. The van der Waals surface area contributed by atoms with E-state index in [9.17, 15) is 26.4 Å². The van der Waals surface area contributed by atoms with Crippen LogP contribution in [0.3, 0.4) is 0 Å². The smallest absolute Gasteiger partial charge is 0.287 e. The van der Waals surface area contributed by atoms with Crippen LogP contribution in [0.1, 0.15) is 17.5 Å². The Morgan fingerprint density at radius 3 is 2.67 bits per heavy atom. The third-order valence-electron chi connectivity index (χ3n) is 4.79. The van der Waals surface area contributed by atoms with Crippen LogP contribution < -0.4 is 14.8 Å². The van der Waals surface area contributed by atoms with Gasteiger partial charge in [-0.05, 0) is 6.92 Å². The summed E-state index contributed by atoms with van der Waals surface area (Å²) in [4.78, 5) is 24.7. The van der Waals surface area contributed by atoms with E-state index in [0.717, 1.165) is 12.3 Å². The molecule has 0 saturated carbocycles. The van der Waals surface area contributed by atoms with Gasteiger partial charge in [-0.2, -0.15) is 0 Å². The highest BCUT2D eigenvalue weighted by molar-refractivity contribution is 7.93.